The first-order chi connectivity index (χ1) is 16.4. The maximum atomic E-state index is 13.2. The summed E-state index contributed by atoms with van der Waals surface area (Å²) in [6.07, 6.45) is 3.75. The molecule has 0 amide bonds. The number of nitrogens with zero attached hydrogens (tertiary/aromatic N) is 2. The molecule has 0 spiro atoms. The van der Waals surface area contributed by atoms with Crippen molar-refractivity contribution in [3.8, 4) is 5.75 Å². The van der Waals surface area contributed by atoms with Gasteiger partial charge in [0.2, 0.25) is 5.78 Å². The Balaban J connectivity index is 1.52. The van der Waals surface area contributed by atoms with Crippen LogP contribution < -0.4 is 4.74 Å². The standard InChI is InChI=1S/C28H26N2O4/c1-19-13-15-22(16-14-19)26(31)27-29-24-11-3-4-12-25(24)30(27)17-6-5-8-21-9-7-10-23(18-21)34-20(2)28(32)33/h3-5,7-16,18,20H,6,17H2,1-2H3,(H,32,33)/b8-5+/t20-/m0/s1. The van der Waals surface area contributed by atoms with Gasteiger partial charge in [0.15, 0.2) is 11.9 Å². The Bertz CT molecular complexity index is 1350. The van der Waals surface area contributed by atoms with Crippen LogP contribution in [0.25, 0.3) is 17.1 Å². The molecule has 6 heteroatoms. The molecule has 1 aromatic heterocycles. The van der Waals surface area contributed by atoms with E-state index in [9.17, 15) is 9.59 Å². The molecule has 1 atom stereocenters. The normalized spacial score (nSPS) is 12.2. The number of carboxylic acid groups (broad SMARTS) is 1. The van der Waals surface area contributed by atoms with Gasteiger partial charge in [-0.05, 0) is 50.1 Å². The number of carbonyl (C=O) groups excluding carboxylic acids is 1. The van der Waals surface area contributed by atoms with Crippen molar-refractivity contribution in [2.45, 2.75) is 32.9 Å². The van der Waals surface area contributed by atoms with Crippen LogP contribution in [0.1, 0.15) is 40.7 Å². The SMILES string of the molecule is Cc1ccc(C(=O)c2nc3ccccc3n2CC/C=C/c2cccc(O[C@@H](C)C(=O)O)c2)cc1. The second-order valence-electron chi connectivity index (χ2n) is 8.13. The molecule has 0 radical (unpaired) electrons. The van der Waals surface area contributed by atoms with Gasteiger partial charge in [-0.25, -0.2) is 9.78 Å². The molecule has 0 aliphatic carbocycles. The number of carboxylic acids is 1. The van der Waals surface area contributed by atoms with Gasteiger partial charge in [0.1, 0.15) is 5.75 Å². The summed E-state index contributed by atoms with van der Waals surface area (Å²) < 4.78 is 7.41. The molecular formula is C28H26N2O4. The van der Waals surface area contributed by atoms with Crippen molar-refractivity contribution in [1.82, 2.24) is 9.55 Å². The van der Waals surface area contributed by atoms with Crippen LogP contribution in [0.3, 0.4) is 0 Å². The first kappa shape index (κ1) is 23.0. The van der Waals surface area contributed by atoms with Crippen LogP contribution >= 0.6 is 0 Å². The molecule has 34 heavy (non-hydrogen) atoms. The van der Waals surface area contributed by atoms with Crippen LogP contribution in [0.15, 0.2) is 78.9 Å². The minimum Gasteiger partial charge on any atom is -0.479 e. The van der Waals surface area contributed by atoms with Gasteiger partial charge in [-0.15, -0.1) is 0 Å². The molecule has 172 valence electrons. The molecule has 0 fully saturated rings. The molecule has 1 heterocycles. The molecule has 6 nitrogen and oxygen atoms in total. The summed E-state index contributed by atoms with van der Waals surface area (Å²) in [6.45, 7) is 4.08. The maximum Gasteiger partial charge on any atom is 0.344 e. The molecular weight excluding hydrogens is 428 g/mol. The smallest absolute Gasteiger partial charge is 0.344 e. The zero-order valence-corrected chi connectivity index (χ0v) is 19.1. The van der Waals surface area contributed by atoms with E-state index in [1.807, 2.05) is 84.3 Å². The third-order valence-corrected chi connectivity index (χ3v) is 5.52. The molecule has 0 unspecified atom stereocenters. The van der Waals surface area contributed by atoms with Gasteiger partial charge in [-0.1, -0.05) is 66.2 Å². The van der Waals surface area contributed by atoms with Gasteiger partial charge in [0.05, 0.1) is 11.0 Å². The number of ketones is 1. The summed E-state index contributed by atoms with van der Waals surface area (Å²) in [5.74, 6) is -0.179. The van der Waals surface area contributed by atoms with Crippen LogP contribution in [0.4, 0.5) is 0 Å². The number of aryl methyl sites for hydroxylation is 2. The molecule has 0 aliphatic heterocycles. The van der Waals surface area contributed by atoms with Gasteiger partial charge in [0, 0.05) is 12.1 Å². The number of hydrogen-bond acceptors (Lipinski definition) is 4. The number of allylic oxidation sites excluding steroid dienone is 1. The monoisotopic (exact) mass is 454 g/mol. The highest BCUT2D eigenvalue weighted by Gasteiger charge is 2.18. The summed E-state index contributed by atoms with van der Waals surface area (Å²) in [5, 5.41) is 9.03. The summed E-state index contributed by atoms with van der Waals surface area (Å²) in [7, 11) is 0. The number of aromatic nitrogens is 2. The van der Waals surface area contributed by atoms with E-state index < -0.39 is 12.1 Å². The molecule has 3 aromatic carbocycles. The van der Waals surface area contributed by atoms with Gasteiger partial charge in [-0.2, -0.15) is 0 Å². The van der Waals surface area contributed by atoms with Gasteiger partial charge < -0.3 is 14.4 Å². The van der Waals surface area contributed by atoms with E-state index in [0.29, 0.717) is 30.1 Å². The number of carbonyl (C=O) groups is 2. The third kappa shape index (κ3) is 5.23. The van der Waals surface area contributed by atoms with Crippen molar-refractivity contribution < 1.29 is 19.4 Å². The Morgan fingerprint density at radius 1 is 1.06 bits per heavy atom. The van der Waals surface area contributed by atoms with Gasteiger partial charge in [-0.3, -0.25) is 4.79 Å². The highest BCUT2D eigenvalue weighted by Crippen LogP contribution is 2.20. The largest absolute Gasteiger partial charge is 0.479 e. The van der Waals surface area contributed by atoms with Crippen molar-refractivity contribution in [1.29, 1.82) is 0 Å². The summed E-state index contributed by atoms with van der Waals surface area (Å²) in [6, 6.07) is 22.6. The van der Waals surface area contributed by atoms with Crippen LogP contribution in [0, 0.1) is 6.92 Å². The van der Waals surface area contributed by atoms with E-state index in [1.54, 1.807) is 12.1 Å². The van der Waals surface area contributed by atoms with Crippen LogP contribution in [0.5, 0.6) is 5.75 Å². The van der Waals surface area contributed by atoms with E-state index in [1.165, 1.54) is 6.92 Å². The van der Waals surface area contributed by atoms with Crippen molar-refractivity contribution in [3.63, 3.8) is 0 Å². The van der Waals surface area contributed by atoms with Crippen molar-refractivity contribution >= 4 is 28.9 Å². The Hall–Kier alpha value is -4.19. The second kappa shape index (κ2) is 10.2. The lowest BCUT2D eigenvalue weighted by atomic mass is 10.1. The number of aliphatic carboxylic acids is 1. The van der Waals surface area contributed by atoms with Crippen molar-refractivity contribution in [2.24, 2.45) is 0 Å². The zero-order chi connectivity index (χ0) is 24.1. The average Bonchev–Trinajstić information content (AvgIpc) is 3.20. The van der Waals surface area contributed by atoms with Gasteiger partial charge in [0.25, 0.3) is 0 Å². The van der Waals surface area contributed by atoms with E-state index >= 15 is 0 Å². The molecule has 1 N–H and O–H groups in total. The summed E-state index contributed by atoms with van der Waals surface area (Å²) >= 11 is 0. The third-order valence-electron chi connectivity index (χ3n) is 5.52. The highest BCUT2D eigenvalue weighted by atomic mass is 16.5. The number of fused-ring (bicyclic) bond motifs is 1. The fourth-order valence-corrected chi connectivity index (χ4v) is 3.68. The lowest BCUT2D eigenvalue weighted by Gasteiger charge is -2.10. The zero-order valence-electron chi connectivity index (χ0n) is 19.1. The highest BCUT2D eigenvalue weighted by molar-refractivity contribution is 6.08. The first-order valence-electron chi connectivity index (χ1n) is 11.1. The topological polar surface area (TPSA) is 81.4 Å². The summed E-state index contributed by atoms with van der Waals surface area (Å²) in [4.78, 5) is 28.9. The van der Waals surface area contributed by atoms with Crippen molar-refractivity contribution in [3.05, 3.63) is 101 Å². The Labute approximate surface area is 198 Å². The number of ether oxygens (including phenoxy) is 1. The number of para-hydroxylation sites is 2. The quantitative estimate of drug-likeness (QED) is 0.336. The molecule has 0 saturated heterocycles. The number of rotatable bonds is 9. The Morgan fingerprint density at radius 2 is 1.82 bits per heavy atom. The average molecular weight is 455 g/mol. The van der Waals surface area contributed by atoms with E-state index in [0.717, 1.165) is 22.2 Å². The fraction of sp³-hybridized carbons (Fsp3) is 0.179. The molecule has 4 rings (SSSR count). The second-order valence-corrected chi connectivity index (χ2v) is 8.13. The lowest BCUT2D eigenvalue weighted by molar-refractivity contribution is -0.144. The van der Waals surface area contributed by atoms with Crippen molar-refractivity contribution in [2.75, 3.05) is 0 Å². The van der Waals surface area contributed by atoms with Crippen LogP contribution in [-0.4, -0.2) is 32.5 Å². The molecule has 0 aliphatic rings. The Morgan fingerprint density at radius 3 is 2.59 bits per heavy atom. The number of hydrogen-bond donors (Lipinski definition) is 1. The molecule has 0 bridgehead atoms. The van der Waals surface area contributed by atoms with Gasteiger partial charge >= 0.3 is 5.97 Å². The molecule has 0 saturated carbocycles. The minimum atomic E-state index is -1.01. The van der Waals surface area contributed by atoms with E-state index in [4.69, 9.17) is 9.84 Å². The first-order valence-corrected chi connectivity index (χ1v) is 11.1. The molecule has 4 aromatic rings. The van der Waals surface area contributed by atoms with Crippen LogP contribution in [-0.2, 0) is 11.3 Å². The van der Waals surface area contributed by atoms with E-state index in [2.05, 4.69) is 4.98 Å². The Kier molecular flexibility index (Phi) is 6.87. The van der Waals surface area contributed by atoms with E-state index in [-0.39, 0.29) is 5.78 Å². The summed E-state index contributed by atoms with van der Waals surface area (Å²) in [5.41, 5.74) is 4.33. The predicted octanol–water partition coefficient (Wildman–Crippen LogP) is 5.53. The fourth-order valence-electron chi connectivity index (χ4n) is 3.68. The van der Waals surface area contributed by atoms with Crippen LogP contribution in [0.2, 0.25) is 0 Å². The lowest BCUT2D eigenvalue weighted by Crippen LogP contribution is -2.22. The predicted molar refractivity (Wildman–Crippen MR) is 132 cm³/mol. The number of benzene rings is 3. The number of imidazole rings is 1. The minimum absolute atomic E-state index is 0.0995. The maximum absolute atomic E-state index is 13.2.